The van der Waals surface area contributed by atoms with Crippen molar-refractivity contribution >= 4 is 12.6 Å². The first-order valence-electron chi connectivity index (χ1n) is 4.66. The molecular weight excluding hydrogens is 163 g/mol. The topological polar surface area (TPSA) is 18.5 Å². The maximum atomic E-state index is 5.48. The van der Waals surface area contributed by atoms with E-state index in [1.807, 2.05) is 0 Å². The van der Waals surface area contributed by atoms with E-state index in [-0.39, 0.29) is 7.12 Å². The minimum Gasteiger partial charge on any atom is -0.407 e. The lowest BCUT2D eigenvalue weighted by Crippen LogP contribution is -2.40. The van der Waals surface area contributed by atoms with Crippen molar-refractivity contribution in [3.63, 3.8) is 0 Å². The summed E-state index contributed by atoms with van der Waals surface area (Å²) in [6.07, 6.45) is 1.00. The lowest BCUT2D eigenvalue weighted by atomic mass is 9.78. The molecule has 1 saturated heterocycles. The first-order valence-corrected chi connectivity index (χ1v) is 4.66. The molecule has 0 bridgehead atoms. The van der Waals surface area contributed by atoms with Crippen LogP contribution in [0.4, 0.5) is 0 Å². The third kappa shape index (κ3) is 2.11. The Morgan fingerprint density at radius 3 is 2.31 bits per heavy atom. The standard InChI is InChI=1S/C10H13BO2/c1-9-3-5-10(6-4-9)11-12-7-2-8-13-11/h3-6H,2,7-8H2,1H3. The lowest BCUT2D eigenvalue weighted by molar-refractivity contribution is 0.143. The second-order valence-corrected chi connectivity index (χ2v) is 3.34. The molecule has 3 heteroatoms. The van der Waals surface area contributed by atoms with E-state index in [1.165, 1.54) is 5.56 Å². The van der Waals surface area contributed by atoms with E-state index in [1.54, 1.807) is 0 Å². The molecule has 0 unspecified atom stereocenters. The van der Waals surface area contributed by atoms with Gasteiger partial charge in [0.15, 0.2) is 0 Å². The summed E-state index contributed by atoms with van der Waals surface area (Å²) in [5.74, 6) is 0. The van der Waals surface area contributed by atoms with Crippen molar-refractivity contribution < 1.29 is 9.31 Å². The predicted molar refractivity (Wildman–Crippen MR) is 53.1 cm³/mol. The highest BCUT2D eigenvalue weighted by molar-refractivity contribution is 6.61. The number of hydrogen-bond acceptors (Lipinski definition) is 2. The summed E-state index contributed by atoms with van der Waals surface area (Å²) in [6, 6.07) is 8.28. The Balaban J connectivity index is 2.10. The molecule has 0 spiro atoms. The number of aryl methyl sites for hydroxylation is 1. The highest BCUT2D eigenvalue weighted by Gasteiger charge is 2.23. The van der Waals surface area contributed by atoms with Gasteiger partial charge in [-0.2, -0.15) is 0 Å². The number of benzene rings is 1. The maximum Gasteiger partial charge on any atom is 0.493 e. The van der Waals surface area contributed by atoms with Crippen LogP contribution >= 0.6 is 0 Å². The first kappa shape index (κ1) is 8.79. The van der Waals surface area contributed by atoms with Crippen LogP contribution in [0.15, 0.2) is 24.3 Å². The number of hydrogen-bond donors (Lipinski definition) is 0. The lowest BCUT2D eigenvalue weighted by Gasteiger charge is -2.19. The molecule has 2 rings (SSSR count). The van der Waals surface area contributed by atoms with E-state index in [2.05, 4.69) is 31.2 Å². The molecular formula is C10H13BO2. The Morgan fingerprint density at radius 1 is 1.08 bits per heavy atom. The van der Waals surface area contributed by atoms with Crippen molar-refractivity contribution in [3.8, 4) is 0 Å². The van der Waals surface area contributed by atoms with Crippen LogP contribution in [0, 0.1) is 6.92 Å². The van der Waals surface area contributed by atoms with Crippen molar-refractivity contribution in [2.24, 2.45) is 0 Å². The molecule has 2 nitrogen and oxygen atoms in total. The van der Waals surface area contributed by atoms with E-state index in [9.17, 15) is 0 Å². The van der Waals surface area contributed by atoms with Gasteiger partial charge < -0.3 is 9.31 Å². The smallest absolute Gasteiger partial charge is 0.407 e. The maximum absolute atomic E-state index is 5.48. The van der Waals surface area contributed by atoms with Crippen molar-refractivity contribution in [2.45, 2.75) is 13.3 Å². The van der Waals surface area contributed by atoms with Gasteiger partial charge in [0.25, 0.3) is 0 Å². The molecule has 1 fully saturated rings. The minimum absolute atomic E-state index is 0.144. The fourth-order valence-electron chi connectivity index (χ4n) is 1.40. The summed E-state index contributed by atoms with van der Waals surface area (Å²) in [5.41, 5.74) is 2.38. The van der Waals surface area contributed by atoms with Crippen LogP contribution in [0.25, 0.3) is 0 Å². The average molecular weight is 176 g/mol. The molecule has 13 heavy (non-hydrogen) atoms. The Morgan fingerprint density at radius 2 is 1.69 bits per heavy atom. The van der Waals surface area contributed by atoms with Crippen LogP contribution in [0.2, 0.25) is 0 Å². The summed E-state index contributed by atoms with van der Waals surface area (Å²) >= 11 is 0. The number of rotatable bonds is 1. The fraction of sp³-hybridized carbons (Fsp3) is 0.400. The summed E-state index contributed by atoms with van der Waals surface area (Å²) in [7, 11) is -0.144. The Hall–Kier alpha value is -0.795. The van der Waals surface area contributed by atoms with E-state index < -0.39 is 0 Å². The monoisotopic (exact) mass is 176 g/mol. The van der Waals surface area contributed by atoms with Crippen molar-refractivity contribution in [1.82, 2.24) is 0 Å². The molecule has 1 aliphatic heterocycles. The summed E-state index contributed by atoms with van der Waals surface area (Å²) in [4.78, 5) is 0. The van der Waals surface area contributed by atoms with Crippen LogP contribution < -0.4 is 5.46 Å². The van der Waals surface area contributed by atoms with Gasteiger partial charge in [-0.1, -0.05) is 29.8 Å². The molecule has 0 amide bonds. The molecule has 0 saturated carbocycles. The van der Waals surface area contributed by atoms with Crippen LogP contribution in [0.1, 0.15) is 12.0 Å². The normalized spacial score (nSPS) is 17.5. The summed E-state index contributed by atoms with van der Waals surface area (Å²) in [5, 5.41) is 0. The summed E-state index contributed by atoms with van der Waals surface area (Å²) < 4.78 is 11.0. The second kappa shape index (κ2) is 3.94. The Kier molecular flexibility index (Phi) is 2.66. The molecule has 68 valence electrons. The zero-order chi connectivity index (χ0) is 9.10. The van der Waals surface area contributed by atoms with E-state index in [0.717, 1.165) is 25.1 Å². The van der Waals surface area contributed by atoms with Crippen LogP contribution in [-0.4, -0.2) is 20.3 Å². The molecule has 0 N–H and O–H groups in total. The van der Waals surface area contributed by atoms with Gasteiger partial charge >= 0.3 is 7.12 Å². The molecule has 0 aromatic heterocycles. The van der Waals surface area contributed by atoms with Crippen LogP contribution in [-0.2, 0) is 9.31 Å². The van der Waals surface area contributed by atoms with Gasteiger partial charge in [0.05, 0.1) is 0 Å². The van der Waals surface area contributed by atoms with Crippen molar-refractivity contribution in [1.29, 1.82) is 0 Å². The van der Waals surface area contributed by atoms with Gasteiger partial charge in [-0.3, -0.25) is 0 Å². The van der Waals surface area contributed by atoms with Gasteiger partial charge in [0.1, 0.15) is 0 Å². The van der Waals surface area contributed by atoms with Gasteiger partial charge in [-0.05, 0) is 18.8 Å². The molecule has 1 heterocycles. The fourth-order valence-corrected chi connectivity index (χ4v) is 1.40. The van der Waals surface area contributed by atoms with Gasteiger partial charge in [-0.15, -0.1) is 0 Å². The average Bonchev–Trinajstić information content (AvgIpc) is 2.20. The largest absolute Gasteiger partial charge is 0.493 e. The molecule has 0 atom stereocenters. The first-order chi connectivity index (χ1) is 6.36. The molecule has 1 aliphatic rings. The predicted octanol–water partition coefficient (Wildman–Crippen LogP) is 1.13. The molecule has 1 aromatic carbocycles. The highest BCUT2D eigenvalue weighted by atomic mass is 16.6. The van der Waals surface area contributed by atoms with Crippen LogP contribution in [0.5, 0.6) is 0 Å². The minimum atomic E-state index is -0.144. The summed E-state index contributed by atoms with van der Waals surface area (Å²) in [6.45, 7) is 3.68. The van der Waals surface area contributed by atoms with Crippen molar-refractivity contribution in [3.05, 3.63) is 29.8 Å². The molecule has 0 aliphatic carbocycles. The zero-order valence-electron chi connectivity index (χ0n) is 7.82. The zero-order valence-corrected chi connectivity index (χ0v) is 7.82. The highest BCUT2D eigenvalue weighted by Crippen LogP contribution is 2.02. The van der Waals surface area contributed by atoms with Crippen LogP contribution in [0.3, 0.4) is 0 Å². The SMILES string of the molecule is Cc1ccc(B2OCCCO2)cc1. The third-order valence-corrected chi connectivity index (χ3v) is 2.18. The van der Waals surface area contributed by atoms with E-state index >= 15 is 0 Å². The Labute approximate surface area is 79.0 Å². The third-order valence-electron chi connectivity index (χ3n) is 2.18. The van der Waals surface area contributed by atoms with Gasteiger partial charge in [-0.25, -0.2) is 0 Å². The van der Waals surface area contributed by atoms with E-state index in [4.69, 9.17) is 9.31 Å². The second-order valence-electron chi connectivity index (χ2n) is 3.34. The molecule has 1 aromatic rings. The van der Waals surface area contributed by atoms with Gasteiger partial charge in [0.2, 0.25) is 0 Å². The van der Waals surface area contributed by atoms with E-state index in [0.29, 0.717) is 0 Å². The molecule has 0 radical (unpaired) electrons. The quantitative estimate of drug-likeness (QED) is 0.597. The Bertz CT molecular complexity index is 265. The van der Waals surface area contributed by atoms with Gasteiger partial charge in [0, 0.05) is 13.2 Å². The van der Waals surface area contributed by atoms with Crippen molar-refractivity contribution in [2.75, 3.05) is 13.2 Å².